The monoisotopic (exact) mass is 562 g/mol. The summed E-state index contributed by atoms with van der Waals surface area (Å²) in [6, 6.07) is 39.4. The van der Waals surface area contributed by atoms with Crippen molar-refractivity contribution in [3.8, 4) is 22.6 Å². The molecule has 0 saturated carbocycles. The molecule has 8 rings (SSSR count). The Morgan fingerprint density at radius 1 is 0.690 bits per heavy atom. The van der Waals surface area contributed by atoms with E-state index in [2.05, 4.69) is 64.5 Å². The van der Waals surface area contributed by atoms with Gasteiger partial charge in [-0.1, -0.05) is 91.0 Å². The lowest BCUT2D eigenvalue weighted by Crippen LogP contribution is -2.24. The molecule has 0 unspecified atom stereocenters. The first kappa shape index (κ1) is 24.6. The van der Waals surface area contributed by atoms with Gasteiger partial charge in [0.05, 0.1) is 22.8 Å². The first-order valence-corrected chi connectivity index (χ1v) is 14.8. The molecule has 0 fully saturated rings. The predicted octanol–water partition coefficient (Wildman–Crippen LogP) is 8.13. The van der Waals surface area contributed by atoms with Crippen LogP contribution in [-0.4, -0.2) is 13.9 Å². The van der Waals surface area contributed by atoms with E-state index in [-0.39, 0.29) is 5.56 Å². The maximum absolute atomic E-state index is 14.3. The van der Waals surface area contributed by atoms with Crippen LogP contribution in [0.2, 0.25) is 0 Å². The fourth-order valence-corrected chi connectivity index (χ4v) is 7.08. The van der Waals surface area contributed by atoms with Crippen molar-refractivity contribution >= 4 is 49.3 Å². The number of rotatable bonds is 4. The fourth-order valence-electron chi connectivity index (χ4n) is 6.18. The maximum Gasteiger partial charge on any atom is 0.296 e. The molecule has 0 bridgehead atoms. The van der Waals surface area contributed by atoms with E-state index in [1.165, 1.54) is 26.9 Å². The quantitative estimate of drug-likeness (QED) is 0.200. The van der Waals surface area contributed by atoms with Crippen LogP contribution < -0.4 is 10.4 Å². The molecule has 0 radical (unpaired) electrons. The first-order valence-electron chi connectivity index (χ1n) is 13.9. The molecule has 6 aromatic carbocycles. The van der Waals surface area contributed by atoms with Crippen LogP contribution in [0.25, 0.3) is 54.9 Å². The van der Waals surface area contributed by atoms with Crippen LogP contribution in [0.5, 0.6) is 0 Å². The summed E-state index contributed by atoms with van der Waals surface area (Å²) in [5, 5.41) is 9.47. The highest BCUT2D eigenvalue weighted by molar-refractivity contribution is 7.07. The minimum atomic E-state index is -0.0897. The number of para-hydroxylation sites is 2. The van der Waals surface area contributed by atoms with Crippen LogP contribution in [-0.2, 0) is 7.05 Å². The standard InChI is InChI=1S/C36H26N4OS/c1-23-34(35(41)40(38(23)2)28-14-7-4-8-15-28)39-31(22-42-36(39)37-27-12-5-3-6-13-27)29-20-18-26-17-16-24-10-9-11-25-19-21-30(29)33(26)32(24)25/h3-22H,1-2H3. The van der Waals surface area contributed by atoms with E-state index in [4.69, 9.17) is 4.99 Å². The van der Waals surface area contributed by atoms with Gasteiger partial charge >= 0.3 is 0 Å². The van der Waals surface area contributed by atoms with E-state index in [1.54, 1.807) is 16.0 Å². The smallest absolute Gasteiger partial charge is 0.283 e. The second kappa shape index (κ2) is 9.43. The number of thiazole rings is 1. The highest BCUT2D eigenvalue weighted by Gasteiger charge is 2.23. The largest absolute Gasteiger partial charge is 0.296 e. The number of nitrogens with zero attached hydrogens (tertiary/aromatic N) is 4. The van der Waals surface area contributed by atoms with Crippen LogP contribution in [0.4, 0.5) is 5.69 Å². The zero-order chi connectivity index (χ0) is 28.4. The van der Waals surface area contributed by atoms with Crippen molar-refractivity contribution in [3.05, 3.63) is 141 Å². The highest BCUT2D eigenvalue weighted by Crippen LogP contribution is 2.39. The number of benzene rings is 6. The van der Waals surface area contributed by atoms with Gasteiger partial charge in [0.1, 0.15) is 5.69 Å². The summed E-state index contributed by atoms with van der Waals surface area (Å²) in [5.74, 6) is 0. The third-order valence-electron chi connectivity index (χ3n) is 8.24. The van der Waals surface area contributed by atoms with E-state index in [0.29, 0.717) is 5.69 Å². The Kier molecular flexibility index (Phi) is 5.52. The SMILES string of the molecule is Cc1c(-n2c(-c3ccc4ccc5cccc6ccc3c4c56)csc2=Nc2ccccc2)c(=O)n(-c2ccccc2)n1C. The number of aromatic nitrogens is 3. The summed E-state index contributed by atoms with van der Waals surface area (Å²) in [5.41, 5.74) is 5.04. The van der Waals surface area contributed by atoms with E-state index in [9.17, 15) is 4.79 Å². The van der Waals surface area contributed by atoms with Gasteiger partial charge in [-0.2, -0.15) is 0 Å². The molecule has 42 heavy (non-hydrogen) atoms. The lowest BCUT2D eigenvalue weighted by molar-refractivity contribution is 0.630. The van der Waals surface area contributed by atoms with Gasteiger partial charge in [-0.05, 0) is 63.5 Å². The summed E-state index contributed by atoms with van der Waals surface area (Å²) < 4.78 is 5.72. The summed E-state index contributed by atoms with van der Waals surface area (Å²) in [6.07, 6.45) is 0. The Balaban J connectivity index is 1.48. The van der Waals surface area contributed by atoms with Gasteiger partial charge in [0.15, 0.2) is 4.80 Å². The Morgan fingerprint density at radius 2 is 1.33 bits per heavy atom. The predicted molar refractivity (Wildman–Crippen MR) is 174 cm³/mol. The van der Waals surface area contributed by atoms with E-state index < -0.39 is 0 Å². The van der Waals surface area contributed by atoms with Gasteiger partial charge in [0, 0.05) is 18.0 Å². The van der Waals surface area contributed by atoms with Crippen molar-refractivity contribution in [1.82, 2.24) is 13.9 Å². The van der Waals surface area contributed by atoms with Crippen molar-refractivity contribution in [2.24, 2.45) is 12.0 Å². The van der Waals surface area contributed by atoms with E-state index in [1.807, 2.05) is 79.3 Å². The van der Waals surface area contributed by atoms with Crippen LogP contribution in [0.1, 0.15) is 5.69 Å². The number of hydrogen-bond donors (Lipinski definition) is 0. The summed E-state index contributed by atoms with van der Waals surface area (Å²) in [7, 11) is 1.93. The van der Waals surface area contributed by atoms with Crippen LogP contribution in [0.15, 0.2) is 130 Å². The third kappa shape index (κ3) is 3.62. The topological polar surface area (TPSA) is 44.2 Å². The fraction of sp³-hybridized carbons (Fsp3) is 0.0556. The molecule has 0 spiro atoms. The molecule has 0 aliphatic rings. The van der Waals surface area contributed by atoms with Gasteiger partial charge in [-0.15, -0.1) is 11.3 Å². The van der Waals surface area contributed by atoms with Crippen molar-refractivity contribution in [2.45, 2.75) is 6.92 Å². The molecule has 0 atom stereocenters. The average molecular weight is 563 g/mol. The van der Waals surface area contributed by atoms with Gasteiger partial charge in [-0.25, -0.2) is 9.67 Å². The third-order valence-corrected chi connectivity index (χ3v) is 9.07. The summed E-state index contributed by atoms with van der Waals surface area (Å²) in [6.45, 7) is 2.00. The van der Waals surface area contributed by atoms with Crippen molar-refractivity contribution < 1.29 is 0 Å². The summed E-state index contributed by atoms with van der Waals surface area (Å²) in [4.78, 5) is 20.1. The molecule has 0 amide bonds. The Bertz CT molecular complexity index is 2380. The van der Waals surface area contributed by atoms with Crippen LogP contribution in [0, 0.1) is 6.92 Å². The molecular formula is C36H26N4OS. The molecule has 202 valence electrons. The second-order valence-corrected chi connectivity index (χ2v) is 11.4. The second-order valence-electron chi connectivity index (χ2n) is 10.6. The van der Waals surface area contributed by atoms with Crippen molar-refractivity contribution in [2.75, 3.05) is 0 Å². The average Bonchev–Trinajstić information content (AvgIpc) is 3.52. The highest BCUT2D eigenvalue weighted by atomic mass is 32.1. The first-order chi connectivity index (χ1) is 20.6. The van der Waals surface area contributed by atoms with E-state index >= 15 is 0 Å². The molecule has 2 aromatic heterocycles. The Hall–Kier alpha value is -5.20. The lowest BCUT2D eigenvalue weighted by atomic mass is 9.91. The molecule has 0 N–H and O–H groups in total. The molecular weight excluding hydrogens is 536 g/mol. The lowest BCUT2D eigenvalue weighted by Gasteiger charge is -2.15. The minimum Gasteiger partial charge on any atom is -0.283 e. The van der Waals surface area contributed by atoms with Crippen molar-refractivity contribution in [3.63, 3.8) is 0 Å². The van der Waals surface area contributed by atoms with Crippen LogP contribution in [0.3, 0.4) is 0 Å². The molecule has 0 aliphatic carbocycles. The normalized spacial score (nSPS) is 12.3. The number of hydrogen-bond acceptors (Lipinski definition) is 3. The molecule has 0 saturated heterocycles. The zero-order valence-corrected chi connectivity index (χ0v) is 24.0. The maximum atomic E-state index is 14.3. The molecule has 8 aromatic rings. The van der Waals surface area contributed by atoms with Crippen molar-refractivity contribution in [1.29, 1.82) is 0 Å². The molecule has 2 heterocycles. The van der Waals surface area contributed by atoms with Gasteiger partial charge < -0.3 is 0 Å². The van der Waals surface area contributed by atoms with Gasteiger partial charge in [0.2, 0.25) is 0 Å². The van der Waals surface area contributed by atoms with Gasteiger partial charge in [0.25, 0.3) is 5.56 Å². The molecule has 5 nitrogen and oxygen atoms in total. The summed E-state index contributed by atoms with van der Waals surface area (Å²) >= 11 is 1.55. The Labute approximate surface area is 245 Å². The van der Waals surface area contributed by atoms with Gasteiger partial charge in [-0.3, -0.25) is 14.0 Å². The minimum absolute atomic E-state index is 0.0897. The zero-order valence-electron chi connectivity index (χ0n) is 23.2. The Morgan fingerprint density at radius 3 is 2.07 bits per heavy atom. The van der Waals surface area contributed by atoms with E-state index in [0.717, 1.165) is 38.5 Å². The molecule has 6 heteroatoms. The van der Waals surface area contributed by atoms with Crippen LogP contribution >= 0.6 is 11.3 Å². The molecule has 0 aliphatic heterocycles.